The molecular formula is C14H17ClN2O. The first kappa shape index (κ1) is 13.1. The van der Waals surface area contributed by atoms with Crippen molar-refractivity contribution in [1.29, 1.82) is 0 Å². The maximum Gasteiger partial charge on any atom is 0.128 e. The van der Waals surface area contributed by atoms with Gasteiger partial charge in [0.05, 0.1) is 17.6 Å². The van der Waals surface area contributed by atoms with E-state index < -0.39 is 0 Å². The molecule has 0 amide bonds. The molecular weight excluding hydrogens is 248 g/mol. The van der Waals surface area contributed by atoms with Gasteiger partial charge in [0.2, 0.25) is 0 Å². The Labute approximate surface area is 112 Å². The summed E-state index contributed by atoms with van der Waals surface area (Å²) in [6.07, 6.45) is 0. The number of benzene rings is 1. The van der Waals surface area contributed by atoms with Crippen molar-refractivity contribution in [2.45, 2.75) is 19.8 Å². The number of ether oxygens (including phenoxy) is 1. The molecule has 0 spiro atoms. The van der Waals surface area contributed by atoms with Crippen molar-refractivity contribution in [3.8, 4) is 5.75 Å². The van der Waals surface area contributed by atoms with E-state index in [2.05, 4.69) is 18.0 Å². The van der Waals surface area contributed by atoms with Crippen LogP contribution in [0.25, 0.3) is 10.9 Å². The lowest BCUT2D eigenvalue weighted by molar-refractivity contribution is 0.419. The first-order valence-electron chi connectivity index (χ1n) is 5.92. The standard InChI is InChI=1S/C14H17ClN2O/c1-8-6-11(9(2)7-16)17-14-10(15)4-5-12(18-3)13(8)14/h4-6,9H,7,16H2,1-3H3. The van der Waals surface area contributed by atoms with Crippen LogP contribution in [-0.4, -0.2) is 18.6 Å². The van der Waals surface area contributed by atoms with Crippen molar-refractivity contribution in [3.63, 3.8) is 0 Å². The second-order valence-corrected chi connectivity index (χ2v) is 4.88. The van der Waals surface area contributed by atoms with Crippen molar-refractivity contribution in [2.24, 2.45) is 5.73 Å². The normalized spacial score (nSPS) is 12.7. The van der Waals surface area contributed by atoms with Crippen LogP contribution in [0.2, 0.25) is 5.02 Å². The molecule has 0 aliphatic rings. The number of aryl methyl sites for hydroxylation is 1. The van der Waals surface area contributed by atoms with Crippen LogP contribution in [-0.2, 0) is 0 Å². The van der Waals surface area contributed by atoms with Gasteiger partial charge in [-0.1, -0.05) is 18.5 Å². The number of nitrogens with zero attached hydrogens (tertiary/aromatic N) is 1. The van der Waals surface area contributed by atoms with Crippen LogP contribution in [0.5, 0.6) is 5.75 Å². The third kappa shape index (κ3) is 2.16. The minimum Gasteiger partial charge on any atom is -0.496 e. The Morgan fingerprint density at radius 3 is 2.78 bits per heavy atom. The van der Waals surface area contributed by atoms with E-state index in [0.717, 1.165) is 27.9 Å². The first-order chi connectivity index (χ1) is 8.58. The molecule has 2 aromatic rings. The largest absolute Gasteiger partial charge is 0.496 e. The zero-order valence-corrected chi connectivity index (χ0v) is 11.6. The van der Waals surface area contributed by atoms with E-state index in [1.54, 1.807) is 7.11 Å². The van der Waals surface area contributed by atoms with Crippen LogP contribution in [0.4, 0.5) is 0 Å². The molecule has 1 aromatic heterocycles. The SMILES string of the molecule is COc1ccc(Cl)c2nc(C(C)CN)cc(C)c12. The van der Waals surface area contributed by atoms with Crippen LogP contribution < -0.4 is 10.5 Å². The number of hydrogen-bond donors (Lipinski definition) is 1. The van der Waals surface area contributed by atoms with Gasteiger partial charge in [-0.15, -0.1) is 0 Å². The molecule has 96 valence electrons. The molecule has 0 saturated carbocycles. The van der Waals surface area contributed by atoms with E-state index >= 15 is 0 Å². The monoisotopic (exact) mass is 264 g/mol. The molecule has 1 heterocycles. The van der Waals surface area contributed by atoms with Crippen molar-refractivity contribution >= 4 is 22.5 Å². The topological polar surface area (TPSA) is 48.1 Å². The van der Waals surface area contributed by atoms with E-state index in [9.17, 15) is 0 Å². The molecule has 0 saturated heterocycles. The van der Waals surface area contributed by atoms with Crippen LogP contribution >= 0.6 is 11.6 Å². The third-order valence-electron chi connectivity index (χ3n) is 3.17. The predicted molar refractivity (Wildman–Crippen MR) is 75.5 cm³/mol. The lowest BCUT2D eigenvalue weighted by atomic mass is 10.0. The molecule has 0 radical (unpaired) electrons. The molecule has 2 N–H and O–H groups in total. The van der Waals surface area contributed by atoms with E-state index in [4.69, 9.17) is 22.1 Å². The molecule has 0 bridgehead atoms. The maximum atomic E-state index is 6.23. The van der Waals surface area contributed by atoms with Gasteiger partial charge in [0, 0.05) is 23.5 Å². The summed E-state index contributed by atoms with van der Waals surface area (Å²) >= 11 is 6.23. The van der Waals surface area contributed by atoms with E-state index in [1.807, 2.05) is 19.1 Å². The molecule has 1 atom stereocenters. The third-order valence-corrected chi connectivity index (χ3v) is 3.47. The lowest BCUT2D eigenvalue weighted by Crippen LogP contribution is -2.11. The highest BCUT2D eigenvalue weighted by molar-refractivity contribution is 6.35. The fourth-order valence-electron chi connectivity index (χ4n) is 2.04. The molecule has 18 heavy (non-hydrogen) atoms. The van der Waals surface area contributed by atoms with Crippen molar-refractivity contribution in [3.05, 3.63) is 34.5 Å². The van der Waals surface area contributed by atoms with Gasteiger partial charge in [-0.25, -0.2) is 0 Å². The summed E-state index contributed by atoms with van der Waals surface area (Å²) in [4.78, 5) is 4.62. The van der Waals surface area contributed by atoms with Crippen molar-refractivity contribution in [2.75, 3.05) is 13.7 Å². The van der Waals surface area contributed by atoms with Gasteiger partial charge in [0.15, 0.2) is 0 Å². The number of fused-ring (bicyclic) bond motifs is 1. The highest BCUT2D eigenvalue weighted by Crippen LogP contribution is 2.33. The summed E-state index contributed by atoms with van der Waals surface area (Å²) in [6, 6.07) is 5.73. The highest BCUT2D eigenvalue weighted by Gasteiger charge is 2.13. The Kier molecular flexibility index (Phi) is 3.73. The zero-order chi connectivity index (χ0) is 13.3. The van der Waals surface area contributed by atoms with E-state index in [-0.39, 0.29) is 5.92 Å². The maximum absolute atomic E-state index is 6.23. The van der Waals surface area contributed by atoms with E-state index in [1.165, 1.54) is 0 Å². The fourth-order valence-corrected chi connectivity index (χ4v) is 2.24. The smallest absolute Gasteiger partial charge is 0.128 e. The summed E-state index contributed by atoms with van der Waals surface area (Å²) in [5, 5.41) is 1.61. The molecule has 1 unspecified atom stereocenters. The average Bonchev–Trinajstić information content (AvgIpc) is 2.38. The van der Waals surface area contributed by atoms with Crippen LogP contribution in [0.1, 0.15) is 24.1 Å². The van der Waals surface area contributed by atoms with Crippen molar-refractivity contribution in [1.82, 2.24) is 4.98 Å². The molecule has 0 aliphatic carbocycles. The number of rotatable bonds is 3. The molecule has 3 nitrogen and oxygen atoms in total. The Morgan fingerprint density at radius 1 is 1.44 bits per heavy atom. The van der Waals surface area contributed by atoms with Gasteiger partial charge in [-0.3, -0.25) is 4.98 Å². The second-order valence-electron chi connectivity index (χ2n) is 4.47. The number of halogens is 1. The number of nitrogens with two attached hydrogens (primary N) is 1. The van der Waals surface area contributed by atoms with Crippen molar-refractivity contribution < 1.29 is 4.74 Å². The van der Waals surface area contributed by atoms with Gasteiger partial charge in [0.25, 0.3) is 0 Å². The molecule has 0 aliphatic heterocycles. The quantitative estimate of drug-likeness (QED) is 0.926. The summed E-state index contributed by atoms with van der Waals surface area (Å²) < 4.78 is 5.37. The van der Waals surface area contributed by atoms with Gasteiger partial charge in [-0.05, 0) is 30.7 Å². The number of hydrogen-bond acceptors (Lipinski definition) is 3. The number of pyridine rings is 1. The van der Waals surface area contributed by atoms with Gasteiger partial charge in [0.1, 0.15) is 5.75 Å². The lowest BCUT2D eigenvalue weighted by Gasteiger charge is -2.14. The first-order valence-corrected chi connectivity index (χ1v) is 6.30. The Bertz CT molecular complexity index is 584. The summed E-state index contributed by atoms with van der Waals surface area (Å²) in [6.45, 7) is 4.66. The van der Waals surface area contributed by atoms with Crippen LogP contribution in [0.3, 0.4) is 0 Å². The molecule has 1 aromatic carbocycles. The van der Waals surface area contributed by atoms with E-state index in [0.29, 0.717) is 11.6 Å². The molecule has 4 heteroatoms. The fraction of sp³-hybridized carbons (Fsp3) is 0.357. The van der Waals surface area contributed by atoms with Crippen LogP contribution in [0.15, 0.2) is 18.2 Å². The summed E-state index contributed by atoms with van der Waals surface area (Å²) in [5.41, 5.74) is 8.55. The zero-order valence-electron chi connectivity index (χ0n) is 10.8. The Morgan fingerprint density at radius 2 is 2.17 bits per heavy atom. The molecule has 0 fully saturated rings. The summed E-state index contributed by atoms with van der Waals surface area (Å²) in [7, 11) is 1.65. The van der Waals surface area contributed by atoms with Gasteiger partial charge in [-0.2, -0.15) is 0 Å². The average molecular weight is 265 g/mol. The highest BCUT2D eigenvalue weighted by atomic mass is 35.5. The minimum atomic E-state index is 0.218. The number of aromatic nitrogens is 1. The van der Waals surface area contributed by atoms with Gasteiger partial charge >= 0.3 is 0 Å². The second kappa shape index (κ2) is 5.12. The summed E-state index contributed by atoms with van der Waals surface area (Å²) in [5.74, 6) is 1.02. The minimum absolute atomic E-state index is 0.218. The van der Waals surface area contributed by atoms with Crippen LogP contribution in [0, 0.1) is 6.92 Å². The Hall–Kier alpha value is -1.32. The van der Waals surface area contributed by atoms with Gasteiger partial charge < -0.3 is 10.5 Å². The Balaban J connectivity index is 2.76. The molecule has 2 rings (SSSR count). The predicted octanol–water partition coefficient (Wildman–Crippen LogP) is 3.27. The number of methoxy groups -OCH3 is 1.